The molecule has 0 unspecified atom stereocenters. The van der Waals surface area contributed by atoms with Gasteiger partial charge < -0.3 is 0 Å². The van der Waals surface area contributed by atoms with Crippen LogP contribution in [0.15, 0.2) is 30.5 Å². The lowest BCUT2D eigenvalue weighted by Crippen LogP contribution is -1.99. The zero-order valence-corrected chi connectivity index (χ0v) is 9.89. The summed E-state index contributed by atoms with van der Waals surface area (Å²) in [4.78, 5) is 10.3. The number of aromatic nitrogens is 2. The quantitative estimate of drug-likeness (QED) is 0.479. The number of hydrogen-bond donors (Lipinski definition) is 0. The fourth-order valence-corrected chi connectivity index (χ4v) is 1.77. The lowest BCUT2D eigenvalue weighted by molar-refractivity contribution is -0.385. The van der Waals surface area contributed by atoms with Gasteiger partial charge in [0, 0.05) is 17.8 Å². The molecule has 0 saturated heterocycles. The van der Waals surface area contributed by atoms with Gasteiger partial charge in [0.1, 0.15) is 0 Å². The second-order valence-electron chi connectivity index (χ2n) is 3.61. The lowest BCUT2D eigenvalue weighted by atomic mass is 10.2. The molecule has 0 spiro atoms. The number of nitro benzene ring substituents is 1. The lowest BCUT2D eigenvalue weighted by Gasteiger charge is -2.04. The standard InChI is InChI=1S/C11H10ClN3O2/c1-8-4-5-14(13-8)10-2-3-11(15(16)17)9(6-10)7-12/h2-6H,7H2,1H3. The number of alkyl halides is 1. The van der Waals surface area contributed by atoms with Crippen LogP contribution in [0.3, 0.4) is 0 Å². The van der Waals surface area contributed by atoms with Gasteiger partial charge in [-0.25, -0.2) is 4.68 Å². The maximum atomic E-state index is 10.8. The van der Waals surface area contributed by atoms with Crippen LogP contribution in [-0.2, 0) is 5.88 Å². The molecule has 0 bridgehead atoms. The SMILES string of the molecule is Cc1ccn(-c2ccc([N+](=O)[O-])c(CCl)c2)n1. The minimum atomic E-state index is -0.435. The van der Waals surface area contributed by atoms with Gasteiger partial charge in [0.2, 0.25) is 0 Å². The number of benzene rings is 1. The van der Waals surface area contributed by atoms with Crippen molar-refractivity contribution in [3.05, 3.63) is 51.8 Å². The highest BCUT2D eigenvalue weighted by atomic mass is 35.5. The van der Waals surface area contributed by atoms with Crippen LogP contribution in [0.25, 0.3) is 5.69 Å². The van der Waals surface area contributed by atoms with Crippen LogP contribution in [0.1, 0.15) is 11.3 Å². The van der Waals surface area contributed by atoms with Crippen molar-refractivity contribution in [3.63, 3.8) is 0 Å². The summed E-state index contributed by atoms with van der Waals surface area (Å²) in [6, 6.07) is 6.64. The molecule has 0 amide bonds. The molecule has 0 saturated carbocycles. The largest absolute Gasteiger partial charge is 0.273 e. The third-order valence-corrected chi connectivity index (χ3v) is 2.68. The van der Waals surface area contributed by atoms with E-state index in [4.69, 9.17) is 11.6 Å². The number of aryl methyl sites for hydroxylation is 1. The zero-order valence-electron chi connectivity index (χ0n) is 9.13. The van der Waals surface area contributed by atoms with Gasteiger partial charge in [-0.15, -0.1) is 11.6 Å². The molecular weight excluding hydrogens is 242 g/mol. The fraction of sp³-hybridized carbons (Fsp3) is 0.182. The maximum Gasteiger partial charge on any atom is 0.273 e. The van der Waals surface area contributed by atoms with Gasteiger partial charge in [-0.05, 0) is 25.1 Å². The van der Waals surface area contributed by atoms with Gasteiger partial charge >= 0.3 is 0 Å². The van der Waals surface area contributed by atoms with Gasteiger partial charge in [0.15, 0.2) is 0 Å². The van der Waals surface area contributed by atoms with E-state index in [0.717, 1.165) is 11.4 Å². The molecule has 2 rings (SSSR count). The highest BCUT2D eigenvalue weighted by molar-refractivity contribution is 6.17. The van der Waals surface area contributed by atoms with E-state index in [2.05, 4.69) is 5.10 Å². The molecule has 0 fully saturated rings. The van der Waals surface area contributed by atoms with Crippen molar-refractivity contribution in [2.75, 3.05) is 0 Å². The van der Waals surface area contributed by atoms with Gasteiger partial charge in [-0.3, -0.25) is 10.1 Å². The molecule has 0 aliphatic carbocycles. The number of rotatable bonds is 3. The second-order valence-corrected chi connectivity index (χ2v) is 3.87. The van der Waals surface area contributed by atoms with Crippen LogP contribution < -0.4 is 0 Å². The van der Waals surface area contributed by atoms with E-state index in [9.17, 15) is 10.1 Å². The molecule has 0 radical (unpaired) electrons. The third kappa shape index (κ3) is 2.29. The van der Waals surface area contributed by atoms with E-state index < -0.39 is 4.92 Å². The van der Waals surface area contributed by atoms with Crippen molar-refractivity contribution in [1.82, 2.24) is 9.78 Å². The molecule has 1 aromatic heterocycles. The molecule has 2 aromatic rings. The highest BCUT2D eigenvalue weighted by Gasteiger charge is 2.13. The Bertz CT molecular complexity index is 566. The molecule has 5 nitrogen and oxygen atoms in total. The average Bonchev–Trinajstić information content (AvgIpc) is 2.75. The van der Waals surface area contributed by atoms with Crippen LogP contribution >= 0.6 is 11.6 Å². The van der Waals surface area contributed by atoms with Crippen LogP contribution in [-0.4, -0.2) is 14.7 Å². The Morgan fingerprint density at radius 1 is 1.47 bits per heavy atom. The summed E-state index contributed by atoms with van der Waals surface area (Å²) in [5, 5.41) is 15.0. The molecule has 0 aliphatic heterocycles. The highest BCUT2D eigenvalue weighted by Crippen LogP contribution is 2.23. The van der Waals surface area contributed by atoms with E-state index in [1.165, 1.54) is 6.07 Å². The summed E-state index contributed by atoms with van der Waals surface area (Å²) < 4.78 is 1.66. The minimum Gasteiger partial charge on any atom is -0.258 e. The van der Waals surface area contributed by atoms with Gasteiger partial charge in [0.05, 0.1) is 22.2 Å². The van der Waals surface area contributed by atoms with Crippen molar-refractivity contribution in [3.8, 4) is 5.69 Å². The molecular formula is C11H10ClN3O2. The molecule has 17 heavy (non-hydrogen) atoms. The van der Waals surface area contributed by atoms with Crippen molar-refractivity contribution in [1.29, 1.82) is 0 Å². The van der Waals surface area contributed by atoms with Crippen LogP contribution in [0.2, 0.25) is 0 Å². The van der Waals surface area contributed by atoms with Crippen molar-refractivity contribution < 1.29 is 4.92 Å². The summed E-state index contributed by atoms with van der Waals surface area (Å²) in [5.41, 5.74) is 2.17. The Labute approximate surface area is 103 Å². The molecule has 88 valence electrons. The molecule has 0 atom stereocenters. The predicted octanol–water partition coefficient (Wildman–Crippen LogP) is 2.83. The van der Waals surface area contributed by atoms with E-state index >= 15 is 0 Å². The Morgan fingerprint density at radius 3 is 2.76 bits per heavy atom. The summed E-state index contributed by atoms with van der Waals surface area (Å²) in [7, 11) is 0. The van der Waals surface area contributed by atoms with E-state index in [-0.39, 0.29) is 11.6 Å². The molecule has 6 heteroatoms. The first-order valence-electron chi connectivity index (χ1n) is 4.98. The van der Waals surface area contributed by atoms with Crippen molar-refractivity contribution >= 4 is 17.3 Å². The van der Waals surface area contributed by atoms with Crippen LogP contribution in [0.4, 0.5) is 5.69 Å². The first kappa shape index (κ1) is 11.6. The number of hydrogen-bond acceptors (Lipinski definition) is 3. The zero-order chi connectivity index (χ0) is 12.4. The Hall–Kier alpha value is -1.88. The Morgan fingerprint density at radius 2 is 2.24 bits per heavy atom. The van der Waals surface area contributed by atoms with Gasteiger partial charge in [-0.2, -0.15) is 5.10 Å². The number of nitrogens with zero attached hydrogens (tertiary/aromatic N) is 3. The first-order chi connectivity index (χ1) is 8.11. The van der Waals surface area contributed by atoms with Gasteiger partial charge in [-0.1, -0.05) is 0 Å². The van der Waals surface area contributed by atoms with Crippen molar-refractivity contribution in [2.45, 2.75) is 12.8 Å². The predicted molar refractivity (Wildman–Crippen MR) is 64.5 cm³/mol. The van der Waals surface area contributed by atoms with E-state index in [1.807, 2.05) is 13.0 Å². The van der Waals surface area contributed by atoms with E-state index in [0.29, 0.717) is 5.56 Å². The monoisotopic (exact) mass is 251 g/mol. The summed E-state index contributed by atoms with van der Waals surface area (Å²) in [6.45, 7) is 1.88. The second kappa shape index (κ2) is 4.55. The van der Waals surface area contributed by atoms with Crippen LogP contribution in [0.5, 0.6) is 0 Å². The van der Waals surface area contributed by atoms with Crippen LogP contribution in [0, 0.1) is 17.0 Å². The summed E-state index contributed by atoms with van der Waals surface area (Å²) in [6.07, 6.45) is 1.80. The third-order valence-electron chi connectivity index (χ3n) is 2.39. The van der Waals surface area contributed by atoms with E-state index in [1.54, 1.807) is 23.0 Å². The topological polar surface area (TPSA) is 61.0 Å². The molecule has 0 aliphatic rings. The molecule has 1 aromatic carbocycles. The summed E-state index contributed by atoms with van der Waals surface area (Å²) >= 11 is 5.71. The Balaban J connectivity index is 2.48. The maximum absolute atomic E-state index is 10.8. The first-order valence-corrected chi connectivity index (χ1v) is 5.51. The van der Waals surface area contributed by atoms with Crippen molar-refractivity contribution in [2.24, 2.45) is 0 Å². The van der Waals surface area contributed by atoms with Gasteiger partial charge in [0.25, 0.3) is 5.69 Å². The molecule has 0 N–H and O–H groups in total. The number of nitro groups is 1. The number of halogens is 1. The fourth-order valence-electron chi connectivity index (χ4n) is 1.56. The average molecular weight is 252 g/mol. The normalized spacial score (nSPS) is 10.5. The molecule has 1 heterocycles. The smallest absolute Gasteiger partial charge is 0.258 e. The summed E-state index contributed by atoms with van der Waals surface area (Å²) in [5.74, 6) is 0.102. The minimum absolute atomic E-state index is 0.0348. The Kier molecular flexibility index (Phi) is 3.10.